The fourth-order valence-electron chi connectivity index (χ4n) is 1.80. The lowest BCUT2D eigenvalue weighted by Crippen LogP contribution is -2.11. The van der Waals surface area contributed by atoms with E-state index in [1.54, 1.807) is 0 Å². The van der Waals surface area contributed by atoms with Crippen molar-refractivity contribution in [2.24, 2.45) is 5.92 Å². The highest BCUT2D eigenvalue weighted by atomic mass is 19.4. The van der Waals surface area contributed by atoms with Crippen LogP contribution in [0.15, 0.2) is 18.2 Å². The molecule has 1 fully saturated rings. The average Bonchev–Trinajstić information content (AvgIpc) is 3.18. The number of carbonyl (C=O) groups excluding carboxylic acids is 1. The van der Waals surface area contributed by atoms with E-state index in [4.69, 9.17) is 4.74 Å². The van der Waals surface area contributed by atoms with E-state index >= 15 is 0 Å². The molecule has 1 aromatic rings. The molecule has 0 aliphatic heterocycles. The van der Waals surface area contributed by atoms with E-state index in [0.717, 1.165) is 31.4 Å². The maximum atomic E-state index is 12.7. The van der Waals surface area contributed by atoms with Crippen LogP contribution in [0.4, 0.5) is 13.2 Å². The zero-order valence-electron chi connectivity index (χ0n) is 10.6. The first-order valence-corrected chi connectivity index (χ1v) is 6.31. The summed E-state index contributed by atoms with van der Waals surface area (Å²) < 4.78 is 43.4. The molecule has 0 amide bonds. The normalized spacial score (nSPS) is 15.4. The Kier molecular flexibility index (Phi) is 3.83. The summed E-state index contributed by atoms with van der Waals surface area (Å²) in [5.74, 6) is -0.114. The van der Waals surface area contributed by atoms with Gasteiger partial charge < -0.3 is 4.74 Å². The van der Waals surface area contributed by atoms with Crippen molar-refractivity contribution < 1.29 is 22.7 Å². The van der Waals surface area contributed by atoms with Crippen LogP contribution in [0.2, 0.25) is 0 Å². The smallest absolute Gasteiger partial charge is 0.416 e. The minimum absolute atomic E-state index is 0.0609. The number of ketones is 1. The third-order valence-electron chi connectivity index (χ3n) is 2.98. The molecule has 0 aromatic heterocycles. The van der Waals surface area contributed by atoms with Crippen molar-refractivity contribution in [3.8, 4) is 5.75 Å². The Morgan fingerprint density at radius 3 is 2.58 bits per heavy atom. The largest absolute Gasteiger partial charge is 0.493 e. The summed E-state index contributed by atoms with van der Waals surface area (Å²) >= 11 is 0. The molecule has 104 valence electrons. The Hall–Kier alpha value is -1.52. The van der Waals surface area contributed by atoms with Crippen LogP contribution < -0.4 is 4.74 Å². The van der Waals surface area contributed by atoms with Crippen molar-refractivity contribution in [3.05, 3.63) is 29.3 Å². The number of Topliss-reactive ketones (excluding diaryl/α,β-unsaturated/α-hetero) is 1. The first kappa shape index (κ1) is 13.9. The Morgan fingerprint density at radius 1 is 1.37 bits per heavy atom. The van der Waals surface area contributed by atoms with Crippen LogP contribution in [-0.4, -0.2) is 12.4 Å². The van der Waals surface area contributed by atoms with Crippen molar-refractivity contribution in [1.82, 2.24) is 0 Å². The molecule has 0 spiro atoms. The number of carbonyl (C=O) groups is 1. The van der Waals surface area contributed by atoms with E-state index in [-0.39, 0.29) is 23.0 Å². The number of rotatable bonds is 5. The van der Waals surface area contributed by atoms with Gasteiger partial charge in [0.15, 0.2) is 5.78 Å². The van der Waals surface area contributed by atoms with E-state index in [2.05, 4.69) is 0 Å². The first-order chi connectivity index (χ1) is 8.93. The molecule has 0 atom stereocenters. The lowest BCUT2D eigenvalue weighted by Gasteiger charge is -2.13. The quantitative estimate of drug-likeness (QED) is 0.755. The van der Waals surface area contributed by atoms with Crippen LogP contribution in [0.25, 0.3) is 0 Å². The number of ether oxygens (including phenoxy) is 1. The lowest BCUT2D eigenvalue weighted by molar-refractivity contribution is -0.137. The fraction of sp³-hybridized carbons (Fsp3) is 0.500. The molecular weight excluding hydrogens is 257 g/mol. The van der Waals surface area contributed by atoms with Gasteiger partial charge in [-0.25, -0.2) is 0 Å². The van der Waals surface area contributed by atoms with E-state index in [1.165, 1.54) is 6.07 Å². The number of hydrogen-bond acceptors (Lipinski definition) is 2. The zero-order valence-corrected chi connectivity index (χ0v) is 10.6. The fourth-order valence-corrected chi connectivity index (χ4v) is 1.80. The molecule has 0 radical (unpaired) electrons. The summed E-state index contributed by atoms with van der Waals surface area (Å²) in [5.41, 5.74) is -0.744. The average molecular weight is 272 g/mol. The second-order valence-electron chi connectivity index (χ2n) is 4.70. The molecule has 1 aliphatic carbocycles. The minimum atomic E-state index is -4.44. The summed E-state index contributed by atoms with van der Waals surface area (Å²) in [6, 6.07) is 3.11. The highest BCUT2D eigenvalue weighted by Crippen LogP contribution is 2.38. The van der Waals surface area contributed by atoms with Crippen molar-refractivity contribution in [2.75, 3.05) is 6.61 Å². The van der Waals surface area contributed by atoms with Gasteiger partial charge in [0.2, 0.25) is 0 Å². The predicted octanol–water partition coefficient (Wildman–Crippen LogP) is 4.09. The van der Waals surface area contributed by atoms with Crippen LogP contribution >= 0.6 is 0 Å². The maximum absolute atomic E-state index is 12.7. The molecule has 0 bridgehead atoms. The third kappa shape index (κ3) is 3.28. The van der Waals surface area contributed by atoms with Gasteiger partial charge in [-0.1, -0.05) is 6.92 Å². The molecule has 5 heteroatoms. The Morgan fingerprint density at radius 2 is 2.05 bits per heavy atom. The van der Waals surface area contributed by atoms with Crippen LogP contribution in [0.1, 0.15) is 42.1 Å². The number of hydrogen-bond donors (Lipinski definition) is 0. The van der Waals surface area contributed by atoms with Gasteiger partial charge in [-0.15, -0.1) is 0 Å². The Labute approximate surface area is 109 Å². The third-order valence-corrected chi connectivity index (χ3v) is 2.98. The number of halogens is 3. The van der Waals surface area contributed by atoms with Gasteiger partial charge in [0.1, 0.15) is 5.75 Å². The van der Waals surface area contributed by atoms with Gasteiger partial charge in [-0.2, -0.15) is 13.2 Å². The van der Waals surface area contributed by atoms with Crippen molar-refractivity contribution in [2.45, 2.75) is 32.4 Å². The van der Waals surface area contributed by atoms with Gasteiger partial charge in [-0.3, -0.25) is 4.79 Å². The predicted molar refractivity (Wildman–Crippen MR) is 64.3 cm³/mol. The molecule has 1 aliphatic rings. The molecule has 2 nitrogen and oxygen atoms in total. The van der Waals surface area contributed by atoms with Gasteiger partial charge in [-0.05, 0) is 37.5 Å². The SMILES string of the molecule is CCCOc1ccc(C(F)(F)F)cc1C(=O)C1CC1. The van der Waals surface area contributed by atoms with E-state index in [9.17, 15) is 18.0 Å². The summed E-state index contributed by atoms with van der Waals surface area (Å²) in [5, 5.41) is 0. The van der Waals surface area contributed by atoms with Crippen LogP contribution in [0.3, 0.4) is 0 Å². The zero-order chi connectivity index (χ0) is 14.0. The van der Waals surface area contributed by atoms with Crippen molar-refractivity contribution in [1.29, 1.82) is 0 Å². The highest BCUT2D eigenvalue weighted by molar-refractivity contribution is 6.01. The molecular formula is C14H15F3O2. The second kappa shape index (κ2) is 5.23. The standard InChI is InChI=1S/C14H15F3O2/c1-2-7-19-12-6-5-10(14(15,16)17)8-11(12)13(18)9-3-4-9/h5-6,8-9H,2-4,7H2,1H3. The molecule has 0 saturated heterocycles. The lowest BCUT2D eigenvalue weighted by atomic mass is 10.0. The van der Waals surface area contributed by atoms with Gasteiger partial charge in [0.05, 0.1) is 17.7 Å². The molecule has 1 saturated carbocycles. The van der Waals surface area contributed by atoms with E-state index in [0.29, 0.717) is 6.61 Å². The summed E-state index contributed by atoms with van der Waals surface area (Å²) in [4.78, 5) is 12.0. The molecule has 19 heavy (non-hydrogen) atoms. The van der Waals surface area contributed by atoms with Crippen molar-refractivity contribution >= 4 is 5.78 Å². The summed E-state index contributed by atoms with van der Waals surface area (Å²) in [6.45, 7) is 2.28. The van der Waals surface area contributed by atoms with E-state index < -0.39 is 11.7 Å². The molecule has 1 aromatic carbocycles. The van der Waals surface area contributed by atoms with Gasteiger partial charge in [0, 0.05) is 5.92 Å². The van der Waals surface area contributed by atoms with Crippen LogP contribution in [0, 0.1) is 5.92 Å². The van der Waals surface area contributed by atoms with E-state index in [1.807, 2.05) is 6.92 Å². The van der Waals surface area contributed by atoms with Gasteiger partial charge in [0.25, 0.3) is 0 Å². The monoisotopic (exact) mass is 272 g/mol. The summed E-state index contributed by atoms with van der Waals surface area (Å²) in [6.07, 6.45) is -2.20. The molecule has 2 rings (SSSR count). The maximum Gasteiger partial charge on any atom is 0.416 e. The number of alkyl halides is 3. The molecule has 0 unspecified atom stereocenters. The highest BCUT2D eigenvalue weighted by Gasteiger charge is 2.35. The Bertz CT molecular complexity index is 476. The topological polar surface area (TPSA) is 26.3 Å². The first-order valence-electron chi connectivity index (χ1n) is 6.31. The Balaban J connectivity index is 2.34. The van der Waals surface area contributed by atoms with Crippen LogP contribution in [-0.2, 0) is 6.18 Å². The minimum Gasteiger partial charge on any atom is -0.493 e. The van der Waals surface area contributed by atoms with Crippen molar-refractivity contribution in [3.63, 3.8) is 0 Å². The molecule has 0 heterocycles. The number of benzene rings is 1. The van der Waals surface area contributed by atoms with Crippen LogP contribution in [0.5, 0.6) is 5.75 Å². The molecule has 0 N–H and O–H groups in total. The summed E-state index contributed by atoms with van der Waals surface area (Å²) in [7, 11) is 0. The van der Waals surface area contributed by atoms with Gasteiger partial charge >= 0.3 is 6.18 Å². The second-order valence-corrected chi connectivity index (χ2v) is 4.70.